The monoisotopic (exact) mass is 337 g/mol. The fourth-order valence-electron chi connectivity index (χ4n) is 1.09. The van der Waals surface area contributed by atoms with Crippen LogP contribution in [0, 0.1) is 10.5 Å². The third-order valence-corrected chi connectivity index (χ3v) is 2.82. The third-order valence-electron chi connectivity index (χ3n) is 1.73. The van der Waals surface area contributed by atoms with Crippen LogP contribution in [0.4, 0.5) is 22.0 Å². The lowest BCUT2D eigenvalue weighted by Crippen LogP contribution is -2.13. The van der Waals surface area contributed by atoms with Gasteiger partial charge < -0.3 is 0 Å². The lowest BCUT2D eigenvalue weighted by atomic mass is 10.1. The number of alkyl halides is 5. The Bertz CT molecular complexity index is 374. The molecule has 84 valence electrons. The van der Waals surface area contributed by atoms with E-state index < -0.39 is 27.4 Å². The number of aryl methyl sites for hydroxylation is 1. The van der Waals surface area contributed by atoms with Crippen LogP contribution in [-0.2, 0) is 6.18 Å². The lowest BCUT2D eigenvalue weighted by molar-refractivity contribution is -0.138. The molecule has 0 N–H and O–H groups in total. The zero-order valence-electron chi connectivity index (χ0n) is 7.37. The number of hydrogen-bond donors (Lipinski definition) is 0. The van der Waals surface area contributed by atoms with Crippen LogP contribution in [0.3, 0.4) is 0 Å². The van der Waals surface area contributed by atoms with E-state index in [9.17, 15) is 22.0 Å². The molecule has 0 fully saturated rings. The molecule has 1 heterocycles. The fraction of sp³-hybridized carbons (Fsp3) is 0.375. The van der Waals surface area contributed by atoms with Crippen molar-refractivity contribution < 1.29 is 22.0 Å². The normalized spacial score (nSPS) is 12.3. The van der Waals surface area contributed by atoms with Gasteiger partial charge in [0, 0.05) is 6.20 Å². The molecule has 0 atom stereocenters. The zero-order chi connectivity index (χ0) is 11.8. The van der Waals surface area contributed by atoms with E-state index in [2.05, 4.69) is 4.98 Å². The molecule has 0 aliphatic carbocycles. The van der Waals surface area contributed by atoms with Gasteiger partial charge >= 0.3 is 6.18 Å². The molecule has 1 nitrogen and oxygen atoms in total. The number of hydrogen-bond acceptors (Lipinski definition) is 1. The fourth-order valence-corrected chi connectivity index (χ4v) is 2.19. The SMILES string of the molecule is Cc1cnc(C(F)F)c(I)c1C(F)(F)F. The highest BCUT2D eigenvalue weighted by Crippen LogP contribution is 2.37. The topological polar surface area (TPSA) is 12.9 Å². The summed E-state index contributed by atoms with van der Waals surface area (Å²) in [6, 6.07) is 0. The molecule has 15 heavy (non-hydrogen) atoms. The standard InChI is InChI=1S/C8H5F5IN/c1-3-2-15-6(7(9)10)5(14)4(3)8(11,12)13/h2,7H,1H3. The summed E-state index contributed by atoms with van der Waals surface area (Å²) < 4.78 is 61.5. The molecule has 7 heteroatoms. The van der Waals surface area contributed by atoms with E-state index >= 15 is 0 Å². The molecule has 1 rings (SSSR count). The Morgan fingerprint density at radius 2 is 1.87 bits per heavy atom. The van der Waals surface area contributed by atoms with E-state index in [1.54, 1.807) is 0 Å². The van der Waals surface area contributed by atoms with Crippen LogP contribution in [0.2, 0.25) is 0 Å². The lowest BCUT2D eigenvalue weighted by Gasteiger charge is -2.14. The minimum atomic E-state index is -4.63. The van der Waals surface area contributed by atoms with Gasteiger partial charge in [-0.3, -0.25) is 4.98 Å². The van der Waals surface area contributed by atoms with Crippen molar-refractivity contribution in [3.63, 3.8) is 0 Å². The molecule has 0 amide bonds. The van der Waals surface area contributed by atoms with E-state index in [0.717, 1.165) is 6.20 Å². The van der Waals surface area contributed by atoms with Crippen LogP contribution in [0.1, 0.15) is 23.2 Å². The van der Waals surface area contributed by atoms with Crippen LogP contribution in [0.25, 0.3) is 0 Å². The second-order valence-electron chi connectivity index (χ2n) is 2.81. The maximum absolute atomic E-state index is 12.5. The van der Waals surface area contributed by atoms with Crippen molar-refractivity contribution in [2.24, 2.45) is 0 Å². The summed E-state index contributed by atoms with van der Waals surface area (Å²) in [5.41, 5.74) is -2.02. The van der Waals surface area contributed by atoms with Crippen molar-refractivity contribution in [2.45, 2.75) is 19.5 Å². The molecule has 0 aliphatic heterocycles. The van der Waals surface area contributed by atoms with Crippen molar-refractivity contribution in [3.05, 3.63) is 26.6 Å². The Labute approximate surface area is 95.8 Å². The first kappa shape index (κ1) is 12.6. The average Bonchev–Trinajstić information content (AvgIpc) is 2.00. The maximum Gasteiger partial charge on any atom is 0.417 e. The van der Waals surface area contributed by atoms with Gasteiger partial charge in [0.05, 0.1) is 9.13 Å². The smallest absolute Gasteiger partial charge is 0.254 e. The molecular formula is C8H5F5IN. The number of pyridine rings is 1. The average molecular weight is 337 g/mol. The van der Waals surface area contributed by atoms with Gasteiger partial charge in [-0.25, -0.2) is 8.78 Å². The van der Waals surface area contributed by atoms with Crippen LogP contribution in [0.5, 0.6) is 0 Å². The minimum Gasteiger partial charge on any atom is -0.254 e. The number of halogens is 6. The highest BCUT2D eigenvalue weighted by Gasteiger charge is 2.37. The van der Waals surface area contributed by atoms with Gasteiger partial charge in [0.1, 0.15) is 5.69 Å². The van der Waals surface area contributed by atoms with E-state index in [1.165, 1.54) is 29.5 Å². The largest absolute Gasteiger partial charge is 0.417 e. The predicted molar refractivity (Wildman–Crippen MR) is 51.7 cm³/mol. The Morgan fingerprint density at radius 3 is 2.27 bits per heavy atom. The van der Waals surface area contributed by atoms with Gasteiger partial charge in [-0.2, -0.15) is 13.2 Å². The maximum atomic E-state index is 12.5. The van der Waals surface area contributed by atoms with E-state index in [-0.39, 0.29) is 5.56 Å². The molecular weight excluding hydrogens is 332 g/mol. The van der Waals surface area contributed by atoms with Gasteiger partial charge in [0.25, 0.3) is 6.43 Å². The van der Waals surface area contributed by atoms with Crippen molar-refractivity contribution in [1.82, 2.24) is 4.98 Å². The van der Waals surface area contributed by atoms with Crippen LogP contribution < -0.4 is 0 Å². The molecule has 1 aromatic heterocycles. The Balaban J connectivity index is 3.44. The molecule has 1 aromatic rings. The molecule has 0 aromatic carbocycles. The first-order valence-corrected chi connectivity index (χ1v) is 4.83. The molecule has 0 radical (unpaired) electrons. The van der Waals surface area contributed by atoms with Gasteiger partial charge in [0.15, 0.2) is 0 Å². The number of rotatable bonds is 1. The second-order valence-corrected chi connectivity index (χ2v) is 3.89. The Hall–Kier alpha value is -0.470. The molecule has 0 saturated heterocycles. The quantitative estimate of drug-likeness (QED) is 0.559. The summed E-state index contributed by atoms with van der Waals surface area (Å²) in [5.74, 6) is 0. The van der Waals surface area contributed by atoms with Crippen LogP contribution >= 0.6 is 22.6 Å². The summed E-state index contributed by atoms with van der Waals surface area (Å²) in [7, 11) is 0. The number of nitrogens with zero attached hydrogens (tertiary/aromatic N) is 1. The van der Waals surface area contributed by atoms with Crippen LogP contribution in [0.15, 0.2) is 6.20 Å². The highest BCUT2D eigenvalue weighted by molar-refractivity contribution is 14.1. The van der Waals surface area contributed by atoms with Crippen molar-refractivity contribution in [3.8, 4) is 0 Å². The predicted octanol–water partition coefficient (Wildman–Crippen LogP) is 3.95. The molecule has 0 saturated carbocycles. The Morgan fingerprint density at radius 1 is 1.33 bits per heavy atom. The summed E-state index contributed by atoms with van der Waals surface area (Å²) in [6.45, 7) is 1.19. The molecule has 0 spiro atoms. The molecule has 0 aliphatic rings. The summed E-state index contributed by atoms with van der Waals surface area (Å²) in [4.78, 5) is 3.29. The number of aromatic nitrogens is 1. The van der Waals surface area contributed by atoms with Crippen molar-refractivity contribution in [2.75, 3.05) is 0 Å². The first-order chi connectivity index (χ1) is 6.75. The van der Waals surface area contributed by atoms with E-state index in [4.69, 9.17) is 0 Å². The summed E-state index contributed by atoms with van der Waals surface area (Å²) >= 11 is 1.24. The van der Waals surface area contributed by atoms with E-state index in [0.29, 0.717) is 0 Å². The third kappa shape index (κ3) is 2.56. The minimum absolute atomic E-state index is 0.156. The molecule has 0 unspecified atom stereocenters. The highest BCUT2D eigenvalue weighted by atomic mass is 127. The van der Waals surface area contributed by atoms with Gasteiger partial charge in [-0.15, -0.1) is 0 Å². The zero-order valence-corrected chi connectivity index (χ0v) is 9.53. The second kappa shape index (κ2) is 4.18. The summed E-state index contributed by atoms with van der Waals surface area (Å²) in [5, 5.41) is 0. The molecule has 0 bridgehead atoms. The van der Waals surface area contributed by atoms with Gasteiger partial charge in [0.2, 0.25) is 0 Å². The van der Waals surface area contributed by atoms with Gasteiger partial charge in [-0.05, 0) is 35.1 Å². The summed E-state index contributed by atoms with van der Waals surface area (Å²) in [6.07, 6.45) is -6.82. The van der Waals surface area contributed by atoms with Crippen LogP contribution in [-0.4, -0.2) is 4.98 Å². The Kier molecular flexibility index (Phi) is 3.51. The van der Waals surface area contributed by atoms with Crippen molar-refractivity contribution in [1.29, 1.82) is 0 Å². The van der Waals surface area contributed by atoms with Crippen molar-refractivity contribution >= 4 is 22.6 Å². The first-order valence-electron chi connectivity index (χ1n) is 3.75. The van der Waals surface area contributed by atoms with E-state index in [1.807, 2.05) is 0 Å². The van der Waals surface area contributed by atoms with Gasteiger partial charge in [-0.1, -0.05) is 0 Å².